The van der Waals surface area contributed by atoms with E-state index < -0.39 is 29.6 Å². The van der Waals surface area contributed by atoms with E-state index in [-0.39, 0.29) is 53.8 Å². The van der Waals surface area contributed by atoms with E-state index in [9.17, 15) is 31.4 Å². The number of aromatic nitrogens is 2. The lowest BCUT2D eigenvalue weighted by atomic mass is 9.95. The average Bonchev–Trinajstić information content (AvgIpc) is 3.32. The summed E-state index contributed by atoms with van der Waals surface area (Å²) >= 11 is 0. The molecule has 11 heteroatoms. The van der Waals surface area contributed by atoms with E-state index in [0.717, 1.165) is 25.0 Å². The number of alkyl halides is 5. The minimum absolute atomic E-state index is 0.0137. The molecule has 4 atom stereocenters. The Labute approximate surface area is 227 Å². The van der Waals surface area contributed by atoms with Gasteiger partial charge in [0.1, 0.15) is 18.0 Å². The molecule has 0 saturated heterocycles. The van der Waals surface area contributed by atoms with Gasteiger partial charge in [-0.25, -0.2) is 23.1 Å². The summed E-state index contributed by atoms with van der Waals surface area (Å²) in [6, 6.07) is 5.97. The zero-order valence-electron chi connectivity index (χ0n) is 22.0. The summed E-state index contributed by atoms with van der Waals surface area (Å²) in [5.74, 6) is 0.972. The maximum absolute atomic E-state index is 14.8. The summed E-state index contributed by atoms with van der Waals surface area (Å²) in [6.45, 7) is 4.01. The van der Waals surface area contributed by atoms with Crippen LogP contribution in [0.2, 0.25) is 0 Å². The maximum Gasteiger partial charge on any atom is 0.417 e. The lowest BCUT2D eigenvalue weighted by Gasteiger charge is -2.22. The Bertz CT molecular complexity index is 1430. The molecule has 0 spiro atoms. The second-order valence-electron chi connectivity index (χ2n) is 10.8. The summed E-state index contributed by atoms with van der Waals surface area (Å²) in [4.78, 5) is 8.45. The minimum Gasteiger partial charge on any atom is -0.478 e. The van der Waals surface area contributed by atoms with Crippen LogP contribution in [0, 0.1) is 24.6 Å². The first-order valence-corrected chi connectivity index (χ1v) is 12.9. The van der Waals surface area contributed by atoms with Gasteiger partial charge in [-0.05, 0) is 72.9 Å². The quantitative estimate of drug-likeness (QED) is 0.286. The van der Waals surface area contributed by atoms with Crippen LogP contribution in [0.5, 0.6) is 11.8 Å². The molecule has 2 aliphatic carbocycles. The maximum atomic E-state index is 14.8. The highest BCUT2D eigenvalue weighted by molar-refractivity contribution is 5.71. The molecule has 2 heterocycles. The largest absolute Gasteiger partial charge is 0.478 e. The monoisotopic (exact) mass is 566 g/mol. The Morgan fingerprint density at radius 3 is 2.50 bits per heavy atom. The Balaban J connectivity index is 1.36. The highest BCUT2D eigenvalue weighted by Gasteiger charge is 2.52. The van der Waals surface area contributed by atoms with Gasteiger partial charge >= 0.3 is 6.18 Å². The second kappa shape index (κ2) is 10.2. The number of aryl methyl sites for hydroxylation is 1. The van der Waals surface area contributed by atoms with E-state index in [1.807, 2.05) is 6.07 Å². The van der Waals surface area contributed by atoms with Crippen molar-refractivity contribution in [1.29, 1.82) is 0 Å². The van der Waals surface area contributed by atoms with Gasteiger partial charge in [-0.3, -0.25) is 0 Å². The first kappa shape index (κ1) is 28.2. The molecule has 1 saturated carbocycles. The highest BCUT2D eigenvalue weighted by atomic mass is 19.4. The number of hydrogen-bond acceptors (Lipinski definition) is 5. The number of fused-ring (bicyclic) bond motifs is 3. The first-order chi connectivity index (χ1) is 18.8. The molecule has 3 unspecified atom stereocenters. The van der Waals surface area contributed by atoms with E-state index in [1.165, 1.54) is 24.6 Å². The summed E-state index contributed by atoms with van der Waals surface area (Å²) in [5.41, 5.74) is -1.24. The van der Waals surface area contributed by atoms with Crippen LogP contribution in [0.15, 0.2) is 36.5 Å². The van der Waals surface area contributed by atoms with Gasteiger partial charge in [0.15, 0.2) is 0 Å². The molecule has 1 N–H and O–H groups in total. The lowest BCUT2D eigenvalue weighted by Crippen LogP contribution is -2.35. The highest BCUT2D eigenvalue weighted by Crippen LogP contribution is 2.61. The van der Waals surface area contributed by atoms with Crippen molar-refractivity contribution in [2.45, 2.75) is 64.3 Å². The molecule has 0 aliphatic heterocycles. The Morgan fingerprint density at radius 2 is 1.82 bits per heavy atom. The van der Waals surface area contributed by atoms with Crippen molar-refractivity contribution in [2.75, 3.05) is 6.61 Å². The fraction of sp³-hybridized carbons (Fsp3) is 0.448. The summed E-state index contributed by atoms with van der Waals surface area (Å²) in [6.07, 6.45) is -5.51. The third-order valence-electron chi connectivity index (χ3n) is 7.92. The van der Waals surface area contributed by atoms with Crippen molar-refractivity contribution in [3.8, 4) is 22.9 Å². The predicted octanol–water partition coefficient (Wildman–Crippen LogP) is 6.88. The molecule has 1 fully saturated rings. The van der Waals surface area contributed by atoms with Crippen LogP contribution in [-0.4, -0.2) is 33.7 Å². The molecule has 5 rings (SSSR count). The van der Waals surface area contributed by atoms with Crippen molar-refractivity contribution >= 4 is 0 Å². The molecule has 3 aromatic rings. The van der Waals surface area contributed by atoms with Gasteiger partial charge in [-0.1, -0.05) is 6.92 Å². The SMILES string of the molecule is Cc1nc(OCCC(C)(O)C(F)F)ccc1-c1cc(COc2cc3c(cn2)C2C(C3)[C@@H]2C)c(F)cc1C(F)(F)F. The molecular formula is C29H28F6N2O3. The number of hydrogen-bond donors (Lipinski definition) is 1. The van der Waals surface area contributed by atoms with Gasteiger partial charge in [0.2, 0.25) is 11.8 Å². The van der Waals surface area contributed by atoms with E-state index in [4.69, 9.17) is 9.47 Å². The molecule has 5 nitrogen and oxygen atoms in total. The topological polar surface area (TPSA) is 64.5 Å². The normalized spacial score (nSPS) is 21.1. The molecule has 2 aliphatic rings. The van der Waals surface area contributed by atoms with E-state index in [0.29, 0.717) is 23.8 Å². The van der Waals surface area contributed by atoms with Gasteiger partial charge in [-0.2, -0.15) is 13.2 Å². The van der Waals surface area contributed by atoms with Crippen LogP contribution in [0.1, 0.15) is 54.1 Å². The van der Waals surface area contributed by atoms with Crippen LogP contribution >= 0.6 is 0 Å². The lowest BCUT2D eigenvalue weighted by molar-refractivity contribution is -0.137. The van der Waals surface area contributed by atoms with Gasteiger partial charge in [0.05, 0.1) is 12.2 Å². The van der Waals surface area contributed by atoms with E-state index in [1.54, 1.807) is 6.20 Å². The summed E-state index contributed by atoms with van der Waals surface area (Å²) < 4.78 is 93.2. The smallest absolute Gasteiger partial charge is 0.417 e. The fourth-order valence-corrected chi connectivity index (χ4v) is 5.38. The van der Waals surface area contributed by atoms with E-state index in [2.05, 4.69) is 16.9 Å². The van der Waals surface area contributed by atoms with Crippen molar-refractivity contribution in [3.05, 3.63) is 70.3 Å². The number of ether oxygens (including phenoxy) is 2. The predicted molar refractivity (Wildman–Crippen MR) is 134 cm³/mol. The van der Waals surface area contributed by atoms with Crippen molar-refractivity contribution in [1.82, 2.24) is 9.97 Å². The molecule has 1 aromatic carbocycles. The van der Waals surface area contributed by atoms with Crippen molar-refractivity contribution in [2.24, 2.45) is 11.8 Å². The number of nitrogens with zero attached hydrogens (tertiary/aromatic N) is 2. The van der Waals surface area contributed by atoms with Gasteiger partial charge in [-0.15, -0.1) is 0 Å². The van der Waals surface area contributed by atoms with Crippen LogP contribution in [0.4, 0.5) is 26.3 Å². The van der Waals surface area contributed by atoms with Crippen LogP contribution in [0.3, 0.4) is 0 Å². The molecule has 0 amide bonds. The van der Waals surface area contributed by atoms with Gasteiger partial charge in [0.25, 0.3) is 6.43 Å². The number of pyridine rings is 2. The molecule has 2 aromatic heterocycles. The van der Waals surface area contributed by atoms with Gasteiger partial charge in [0, 0.05) is 41.6 Å². The second-order valence-corrected chi connectivity index (χ2v) is 10.8. The number of rotatable bonds is 9. The Hall–Kier alpha value is -3.34. The summed E-state index contributed by atoms with van der Waals surface area (Å²) in [7, 11) is 0. The molecular weight excluding hydrogens is 538 g/mol. The molecule has 0 radical (unpaired) electrons. The Morgan fingerprint density at radius 1 is 1.07 bits per heavy atom. The van der Waals surface area contributed by atoms with Crippen LogP contribution in [0.25, 0.3) is 11.1 Å². The zero-order chi connectivity index (χ0) is 29.0. The number of benzene rings is 1. The average molecular weight is 567 g/mol. The summed E-state index contributed by atoms with van der Waals surface area (Å²) in [5, 5.41) is 9.65. The molecule has 0 bridgehead atoms. The fourth-order valence-electron chi connectivity index (χ4n) is 5.38. The van der Waals surface area contributed by atoms with Crippen molar-refractivity contribution in [3.63, 3.8) is 0 Å². The van der Waals surface area contributed by atoms with Crippen LogP contribution < -0.4 is 9.47 Å². The van der Waals surface area contributed by atoms with E-state index >= 15 is 0 Å². The number of halogens is 6. The van der Waals surface area contributed by atoms with Crippen LogP contribution in [-0.2, 0) is 19.2 Å². The Kier molecular flexibility index (Phi) is 7.22. The zero-order valence-corrected chi connectivity index (χ0v) is 22.0. The van der Waals surface area contributed by atoms with Gasteiger partial charge < -0.3 is 14.6 Å². The minimum atomic E-state index is -4.85. The third kappa shape index (κ3) is 5.48. The molecule has 214 valence electrons. The molecule has 40 heavy (non-hydrogen) atoms. The van der Waals surface area contributed by atoms with Crippen molar-refractivity contribution < 1.29 is 40.9 Å². The first-order valence-electron chi connectivity index (χ1n) is 12.9. The number of aliphatic hydroxyl groups is 1. The standard InChI is InChI=1S/C29H28F6N2O3/c1-14-19-8-16-10-25(36-12-21(16)26(14)19)40-13-17-9-20(22(11-23(17)30)29(33,34)35)18-4-5-24(37-15(18)2)39-7-6-28(3,38)27(31)32/h4-5,9-12,14,19,26-27,38H,6-8,13H2,1-3H3/t14-,19?,26?,28?/m0/s1. The third-order valence-corrected chi connectivity index (χ3v) is 7.92.